The van der Waals surface area contributed by atoms with Crippen molar-refractivity contribution in [2.75, 3.05) is 0 Å². The van der Waals surface area contributed by atoms with E-state index in [1.165, 1.54) is 23.7 Å². The SMILES string of the molecule is O=C1C[C@H]2CCC[C@H]([Se]c3ccccc3)[C@H]2O1. The first kappa shape index (κ1) is 11.3. The monoisotopic (exact) mass is 296 g/mol. The molecule has 2 nitrogen and oxygen atoms in total. The number of esters is 1. The van der Waals surface area contributed by atoms with Crippen LogP contribution in [0.4, 0.5) is 0 Å². The zero-order chi connectivity index (χ0) is 11.7. The zero-order valence-electron chi connectivity index (χ0n) is 9.67. The Hall–Kier alpha value is -0.791. The predicted molar refractivity (Wildman–Crippen MR) is 67.4 cm³/mol. The summed E-state index contributed by atoms with van der Waals surface area (Å²) in [7, 11) is 0. The Morgan fingerprint density at radius 1 is 1.18 bits per heavy atom. The fourth-order valence-corrected chi connectivity index (χ4v) is 5.67. The second kappa shape index (κ2) is 4.83. The van der Waals surface area contributed by atoms with Crippen LogP contribution in [0.3, 0.4) is 0 Å². The van der Waals surface area contributed by atoms with E-state index < -0.39 is 0 Å². The molecular weight excluding hydrogens is 279 g/mol. The third kappa shape index (κ3) is 2.41. The van der Waals surface area contributed by atoms with E-state index in [2.05, 4.69) is 30.3 Å². The normalized spacial score (nSPS) is 32.0. The van der Waals surface area contributed by atoms with Gasteiger partial charge >= 0.3 is 108 Å². The molecule has 0 amide bonds. The molecule has 1 saturated heterocycles. The van der Waals surface area contributed by atoms with Crippen LogP contribution in [0.2, 0.25) is 4.82 Å². The molecule has 2 fully saturated rings. The molecule has 3 rings (SSSR count). The molecule has 0 spiro atoms. The van der Waals surface area contributed by atoms with Gasteiger partial charge in [0.25, 0.3) is 0 Å². The molecule has 17 heavy (non-hydrogen) atoms. The molecule has 0 radical (unpaired) electrons. The molecule has 1 saturated carbocycles. The average molecular weight is 295 g/mol. The molecule has 1 aromatic carbocycles. The summed E-state index contributed by atoms with van der Waals surface area (Å²) in [6.07, 6.45) is 4.54. The Morgan fingerprint density at radius 2 is 2.00 bits per heavy atom. The Balaban J connectivity index is 1.72. The van der Waals surface area contributed by atoms with Crippen molar-refractivity contribution >= 4 is 25.4 Å². The molecule has 2 aliphatic rings. The molecule has 0 N–H and O–H groups in total. The van der Waals surface area contributed by atoms with Gasteiger partial charge in [-0.05, 0) is 0 Å². The summed E-state index contributed by atoms with van der Waals surface area (Å²) in [6, 6.07) is 10.6. The van der Waals surface area contributed by atoms with Gasteiger partial charge in [-0.2, -0.15) is 0 Å². The third-order valence-corrected chi connectivity index (χ3v) is 6.46. The summed E-state index contributed by atoms with van der Waals surface area (Å²) in [5, 5.41) is 0. The Labute approximate surface area is 108 Å². The van der Waals surface area contributed by atoms with Crippen LogP contribution in [0, 0.1) is 5.92 Å². The summed E-state index contributed by atoms with van der Waals surface area (Å²) in [4.78, 5) is 12.0. The van der Waals surface area contributed by atoms with Crippen LogP contribution in [0.5, 0.6) is 0 Å². The first-order valence-electron chi connectivity index (χ1n) is 6.24. The third-order valence-electron chi connectivity index (χ3n) is 3.62. The van der Waals surface area contributed by atoms with Gasteiger partial charge in [0, 0.05) is 0 Å². The maximum absolute atomic E-state index is 11.4. The molecule has 3 heteroatoms. The number of carbonyl (C=O) groups is 1. The van der Waals surface area contributed by atoms with Crippen molar-refractivity contribution in [2.24, 2.45) is 5.92 Å². The van der Waals surface area contributed by atoms with E-state index in [-0.39, 0.29) is 12.1 Å². The zero-order valence-corrected chi connectivity index (χ0v) is 11.4. The molecule has 1 aliphatic heterocycles. The number of carbonyl (C=O) groups excluding carboxylic acids is 1. The predicted octanol–water partition coefficient (Wildman–Crippen LogP) is 1.92. The van der Waals surface area contributed by atoms with Crippen LogP contribution in [0.1, 0.15) is 25.7 Å². The van der Waals surface area contributed by atoms with Crippen molar-refractivity contribution in [1.29, 1.82) is 0 Å². The van der Waals surface area contributed by atoms with Gasteiger partial charge in [-0.1, -0.05) is 0 Å². The quantitative estimate of drug-likeness (QED) is 0.615. The van der Waals surface area contributed by atoms with Gasteiger partial charge in [-0.15, -0.1) is 0 Å². The van der Waals surface area contributed by atoms with E-state index >= 15 is 0 Å². The molecule has 3 atom stereocenters. The summed E-state index contributed by atoms with van der Waals surface area (Å²) in [6.45, 7) is 0. The molecule has 0 unspecified atom stereocenters. The first-order chi connectivity index (χ1) is 8.33. The van der Waals surface area contributed by atoms with Gasteiger partial charge in [0.2, 0.25) is 0 Å². The van der Waals surface area contributed by atoms with Crippen molar-refractivity contribution in [3.63, 3.8) is 0 Å². The average Bonchev–Trinajstić information content (AvgIpc) is 2.72. The number of benzene rings is 1. The number of hydrogen-bond donors (Lipinski definition) is 0. The number of fused-ring (bicyclic) bond motifs is 1. The second-order valence-corrected chi connectivity index (χ2v) is 7.57. The van der Waals surface area contributed by atoms with E-state index in [1.54, 1.807) is 0 Å². The fraction of sp³-hybridized carbons (Fsp3) is 0.500. The Kier molecular flexibility index (Phi) is 3.21. The maximum atomic E-state index is 11.4. The second-order valence-electron chi connectivity index (χ2n) is 4.82. The van der Waals surface area contributed by atoms with Gasteiger partial charge < -0.3 is 0 Å². The minimum absolute atomic E-state index is 0.0239. The van der Waals surface area contributed by atoms with Crippen LogP contribution in [-0.4, -0.2) is 27.0 Å². The van der Waals surface area contributed by atoms with E-state index in [9.17, 15) is 4.79 Å². The van der Waals surface area contributed by atoms with Gasteiger partial charge in [0.05, 0.1) is 0 Å². The molecular formula is C14H16O2Se. The van der Waals surface area contributed by atoms with Crippen molar-refractivity contribution in [2.45, 2.75) is 36.6 Å². The van der Waals surface area contributed by atoms with E-state index in [0.29, 0.717) is 32.1 Å². The fourth-order valence-electron chi connectivity index (χ4n) is 2.82. The standard InChI is InChI=1S/C14H16O2Se/c15-13-9-10-5-4-8-12(14(10)16-13)17-11-6-2-1-3-7-11/h1-3,6-7,10,12,14H,4-5,8-9H2/t10-,12+,14+/m1/s1. The minimum atomic E-state index is 0.0239. The molecule has 1 heterocycles. The van der Waals surface area contributed by atoms with E-state index in [1.807, 2.05) is 0 Å². The van der Waals surface area contributed by atoms with Crippen LogP contribution < -0.4 is 4.46 Å². The van der Waals surface area contributed by atoms with Crippen molar-refractivity contribution in [3.05, 3.63) is 30.3 Å². The summed E-state index contributed by atoms with van der Waals surface area (Å²) < 4.78 is 6.95. The molecule has 90 valence electrons. The van der Waals surface area contributed by atoms with Gasteiger partial charge in [0.1, 0.15) is 0 Å². The topological polar surface area (TPSA) is 26.3 Å². The van der Waals surface area contributed by atoms with Crippen molar-refractivity contribution < 1.29 is 9.53 Å². The van der Waals surface area contributed by atoms with Crippen LogP contribution in [-0.2, 0) is 9.53 Å². The van der Waals surface area contributed by atoms with Gasteiger partial charge in [-0.25, -0.2) is 0 Å². The van der Waals surface area contributed by atoms with Crippen molar-refractivity contribution in [1.82, 2.24) is 0 Å². The summed E-state index contributed by atoms with van der Waals surface area (Å²) in [5.74, 6) is 0.530. The molecule has 0 aromatic heterocycles. The van der Waals surface area contributed by atoms with Crippen LogP contribution >= 0.6 is 0 Å². The van der Waals surface area contributed by atoms with Gasteiger partial charge in [-0.3, -0.25) is 0 Å². The number of rotatable bonds is 2. The summed E-state index contributed by atoms with van der Waals surface area (Å²) >= 11 is 0.440. The van der Waals surface area contributed by atoms with Crippen molar-refractivity contribution in [3.8, 4) is 0 Å². The van der Waals surface area contributed by atoms with Gasteiger partial charge in [0.15, 0.2) is 0 Å². The molecule has 1 aliphatic carbocycles. The first-order valence-corrected chi connectivity index (χ1v) is 8.09. The Morgan fingerprint density at radius 3 is 2.82 bits per heavy atom. The van der Waals surface area contributed by atoms with Crippen LogP contribution in [0.25, 0.3) is 0 Å². The van der Waals surface area contributed by atoms with Crippen LogP contribution in [0.15, 0.2) is 30.3 Å². The molecule has 1 aromatic rings. The summed E-state index contributed by atoms with van der Waals surface area (Å²) in [5.41, 5.74) is 0. The van der Waals surface area contributed by atoms with E-state index in [0.717, 1.165) is 0 Å². The molecule has 0 bridgehead atoms. The number of hydrogen-bond acceptors (Lipinski definition) is 2. The Bertz CT molecular complexity index is 404. The number of ether oxygens (including phenoxy) is 1. The van der Waals surface area contributed by atoms with E-state index in [4.69, 9.17) is 4.74 Å².